The Kier molecular flexibility index (Phi) is 3.76. The van der Waals surface area contributed by atoms with E-state index in [1.165, 1.54) is 0 Å². The van der Waals surface area contributed by atoms with Crippen molar-refractivity contribution in [2.24, 2.45) is 23.7 Å². The molecule has 5 rings (SSSR count). The zero-order chi connectivity index (χ0) is 18.1. The minimum atomic E-state index is -6.42. The number of ether oxygens (including phenoxy) is 1. The summed E-state index contributed by atoms with van der Waals surface area (Å²) in [6.45, 7) is 0. The van der Waals surface area contributed by atoms with Gasteiger partial charge >= 0.3 is 27.5 Å². The van der Waals surface area contributed by atoms with Crippen molar-refractivity contribution >= 4 is 16.1 Å². The van der Waals surface area contributed by atoms with Crippen molar-refractivity contribution in [2.75, 3.05) is 0 Å². The minimum Gasteiger partial charge on any atom is -0.444 e. The molecule has 1 N–H and O–H groups in total. The lowest BCUT2D eigenvalue weighted by molar-refractivity contribution is -0.262. The molecule has 0 radical (unpaired) electrons. The zero-order valence-electron chi connectivity index (χ0n) is 12.0. The highest BCUT2D eigenvalue weighted by molar-refractivity contribution is 7.86. The summed E-state index contributed by atoms with van der Waals surface area (Å²) >= 11 is 0. The van der Waals surface area contributed by atoms with Crippen molar-refractivity contribution in [1.29, 1.82) is 0 Å². The molecular formula is C13H13F5O5S. The Hall–Kier alpha value is -1.23. The van der Waals surface area contributed by atoms with Gasteiger partial charge in [-0.3, -0.25) is 9.35 Å². The molecule has 3 fully saturated rings. The largest absolute Gasteiger partial charge is 0.444 e. The van der Waals surface area contributed by atoms with Crippen LogP contribution in [0.3, 0.4) is 0 Å². The van der Waals surface area contributed by atoms with E-state index in [4.69, 9.17) is 4.55 Å². The number of allylic oxidation sites excluding steroid dienone is 2. The smallest absolute Gasteiger partial charge is 0.432 e. The highest BCUT2D eigenvalue weighted by Crippen LogP contribution is 2.60. The lowest BCUT2D eigenvalue weighted by Crippen LogP contribution is -2.56. The number of hydrogen-bond donors (Lipinski definition) is 1. The maximum atomic E-state index is 13.5. The van der Waals surface area contributed by atoms with Gasteiger partial charge in [0.1, 0.15) is 0 Å². The van der Waals surface area contributed by atoms with E-state index in [0.29, 0.717) is 19.3 Å². The Balaban J connectivity index is 1.84. The summed E-state index contributed by atoms with van der Waals surface area (Å²) < 4.78 is 98.9. The van der Waals surface area contributed by atoms with Gasteiger partial charge < -0.3 is 4.74 Å². The number of halogens is 5. The van der Waals surface area contributed by atoms with Gasteiger partial charge in [0.05, 0.1) is 5.92 Å². The lowest BCUT2D eigenvalue weighted by Gasteiger charge is -2.55. The molecule has 0 amide bonds. The Bertz CT molecular complexity index is 698. The molecule has 0 aromatic rings. The van der Waals surface area contributed by atoms with Gasteiger partial charge in [0.15, 0.2) is 0 Å². The Labute approximate surface area is 133 Å². The summed E-state index contributed by atoms with van der Waals surface area (Å²) in [4.78, 5) is 12.1. The average molecular weight is 376 g/mol. The first-order valence-electron chi connectivity index (χ1n) is 7.16. The second kappa shape index (κ2) is 5.13. The predicted molar refractivity (Wildman–Crippen MR) is 68.3 cm³/mol. The normalized spacial score (nSPS) is 33.5. The van der Waals surface area contributed by atoms with Crippen LogP contribution >= 0.6 is 0 Å². The summed E-state index contributed by atoms with van der Waals surface area (Å²) in [5.41, 5.74) is 0.935. The fraction of sp³-hybridized carbons (Fsp3) is 0.769. The first-order valence-corrected chi connectivity index (χ1v) is 8.60. The average Bonchev–Trinajstić information content (AvgIpc) is 2.41. The van der Waals surface area contributed by atoms with E-state index < -0.39 is 39.5 Å². The van der Waals surface area contributed by atoms with Gasteiger partial charge in [-0.05, 0) is 37.0 Å². The Morgan fingerprint density at radius 2 is 1.88 bits per heavy atom. The third-order valence-electron chi connectivity index (χ3n) is 5.08. The highest BCUT2D eigenvalue weighted by atomic mass is 32.2. The predicted octanol–water partition coefficient (Wildman–Crippen LogP) is 2.54. The summed E-state index contributed by atoms with van der Waals surface area (Å²) in [5.74, 6) is -2.83. The van der Waals surface area contributed by atoms with Crippen LogP contribution in [0.2, 0.25) is 0 Å². The number of esters is 1. The number of alkyl halides is 5. The molecule has 0 aromatic carbocycles. The van der Waals surface area contributed by atoms with Crippen molar-refractivity contribution in [2.45, 2.75) is 36.8 Å². The number of fused-ring (bicyclic) bond motifs is 1. The molecule has 0 aromatic heterocycles. The highest BCUT2D eigenvalue weighted by Gasteiger charge is 2.67. The molecule has 24 heavy (non-hydrogen) atoms. The zero-order valence-corrected chi connectivity index (χ0v) is 12.8. The molecule has 5 aliphatic rings. The van der Waals surface area contributed by atoms with Gasteiger partial charge in [0, 0.05) is 0 Å². The molecule has 4 bridgehead atoms. The van der Waals surface area contributed by atoms with Crippen LogP contribution in [0, 0.1) is 23.7 Å². The quantitative estimate of drug-likeness (QED) is 0.353. The maximum absolute atomic E-state index is 13.5. The molecular weight excluding hydrogens is 363 g/mol. The van der Waals surface area contributed by atoms with Crippen LogP contribution in [-0.4, -0.2) is 36.5 Å². The second-order valence-electron chi connectivity index (χ2n) is 6.40. The summed E-state index contributed by atoms with van der Waals surface area (Å²) in [6, 6.07) is 0. The molecule has 5 unspecified atom stereocenters. The molecule has 11 heteroatoms. The van der Waals surface area contributed by atoms with Gasteiger partial charge in [0.25, 0.3) is 6.10 Å². The minimum absolute atomic E-state index is 0.287. The molecule has 136 valence electrons. The summed E-state index contributed by atoms with van der Waals surface area (Å²) in [6.07, 6.45) is -6.60. The van der Waals surface area contributed by atoms with Crippen molar-refractivity contribution in [3.63, 3.8) is 0 Å². The fourth-order valence-electron chi connectivity index (χ4n) is 4.01. The van der Waals surface area contributed by atoms with Gasteiger partial charge in [-0.1, -0.05) is 11.6 Å². The van der Waals surface area contributed by atoms with Crippen molar-refractivity contribution in [3.05, 3.63) is 11.6 Å². The van der Waals surface area contributed by atoms with E-state index in [1.54, 1.807) is 0 Å². The van der Waals surface area contributed by atoms with Crippen LogP contribution in [0.25, 0.3) is 0 Å². The lowest BCUT2D eigenvalue weighted by atomic mass is 9.49. The molecule has 0 heterocycles. The number of carbonyl (C=O) groups excluding carboxylic acids is 1. The molecule has 0 spiro atoms. The number of rotatable bonds is 4. The van der Waals surface area contributed by atoms with E-state index >= 15 is 0 Å². The van der Waals surface area contributed by atoms with Crippen LogP contribution in [0.15, 0.2) is 11.6 Å². The monoisotopic (exact) mass is 376 g/mol. The van der Waals surface area contributed by atoms with Crippen molar-refractivity contribution in [1.82, 2.24) is 0 Å². The van der Waals surface area contributed by atoms with Gasteiger partial charge in [-0.2, -0.15) is 30.4 Å². The van der Waals surface area contributed by atoms with Crippen molar-refractivity contribution < 1.29 is 44.5 Å². The summed E-state index contributed by atoms with van der Waals surface area (Å²) in [7, 11) is -6.42. The third kappa shape index (κ3) is 2.52. The van der Waals surface area contributed by atoms with E-state index in [1.807, 2.05) is 6.08 Å². The van der Waals surface area contributed by atoms with Crippen LogP contribution < -0.4 is 0 Å². The molecule has 5 nitrogen and oxygen atoms in total. The maximum Gasteiger partial charge on any atom is 0.432 e. The number of carbonyl (C=O) groups is 1. The summed E-state index contributed by atoms with van der Waals surface area (Å²) in [5, 5.41) is -5.68. The standard InChI is InChI=1S/C13H13F5O5S/c14-12(15,16)11(13(17,18)24(20,21)22)23-10(19)9-5-1-2-7-6(3-5)4-8(7)9/h2,5-6,8-9,11H,1,3-4H2,(H,20,21,22). The first kappa shape index (κ1) is 17.6. The number of hydrogen-bond acceptors (Lipinski definition) is 4. The first-order chi connectivity index (χ1) is 10.8. The van der Waals surface area contributed by atoms with Crippen molar-refractivity contribution in [3.8, 4) is 0 Å². The fourth-order valence-corrected chi connectivity index (χ4v) is 4.46. The van der Waals surface area contributed by atoms with Crippen LogP contribution in [0.1, 0.15) is 19.3 Å². The molecule has 0 aliphatic heterocycles. The Morgan fingerprint density at radius 3 is 2.29 bits per heavy atom. The van der Waals surface area contributed by atoms with Gasteiger partial charge in [-0.25, -0.2) is 0 Å². The van der Waals surface area contributed by atoms with E-state index in [9.17, 15) is 35.2 Å². The van der Waals surface area contributed by atoms with E-state index in [0.717, 1.165) is 5.57 Å². The van der Waals surface area contributed by atoms with Crippen LogP contribution in [-0.2, 0) is 19.6 Å². The molecule has 0 saturated heterocycles. The van der Waals surface area contributed by atoms with E-state index in [2.05, 4.69) is 4.74 Å². The van der Waals surface area contributed by atoms with E-state index in [-0.39, 0.29) is 17.8 Å². The molecule has 5 aliphatic carbocycles. The van der Waals surface area contributed by atoms with Gasteiger partial charge in [-0.15, -0.1) is 0 Å². The van der Waals surface area contributed by atoms with Crippen LogP contribution in [0.4, 0.5) is 22.0 Å². The Morgan fingerprint density at radius 1 is 1.25 bits per heavy atom. The topological polar surface area (TPSA) is 80.7 Å². The molecule has 5 atom stereocenters. The molecule has 3 saturated carbocycles. The third-order valence-corrected chi connectivity index (χ3v) is 5.98. The van der Waals surface area contributed by atoms with Crippen LogP contribution in [0.5, 0.6) is 0 Å². The van der Waals surface area contributed by atoms with Gasteiger partial charge in [0.2, 0.25) is 0 Å². The second-order valence-corrected chi connectivity index (χ2v) is 7.89. The SMILES string of the molecule is O=C(OC(C(F)(F)F)C(F)(F)S(=O)(=O)O)C1C2CC=C3C(C2)CC31.